The molecule has 0 radical (unpaired) electrons. The van der Waals surface area contributed by atoms with Gasteiger partial charge in [0.05, 0.1) is 6.54 Å². The Hall–Kier alpha value is -2.89. The Labute approximate surface area is 153 Å². The fourth-order valence-corrected chi connectivity index (χ4v) is 2.44. The zero-order valence-electron chi connectivity index (χ0n) is 15.2. The highest BCUT2D eigenvalue weighted by Crippen LogP contribution is 2.06. The highest BCUT2D eigenvalue weighted by Gasteiger charge is 2.04. The van der Waals surface area contributed by atoms with Gasteiger partial charge in [0.15, 0.2) is 5.96 Å². The molecule has 1 amide bonds. The van der Waals surface area contributed by atoms with E-state index in [9.17, 15) is 9.18 Å². The normalized spacial score (nSPS) is 11.1. The van der Waals surface area contributed by atoms with Crippen molar-refractivity contribution in [2.45, 2.75) is 19.9 Å². The molecule has 0 aliphatic rings. The molecule has 0 atom stereocenters. The van der Waals surface area contributed by atoms with Crippen LogP contribution in [-0.2, 0) is 13.0 Å². The summed E-state index contributed by atoms with van der Waals surface area (Å²) < 4.78 is 12.9. The number of carbonyl (C=O) groups excluding carboxylic acids is 1. The van der Waals surface area contributed by atoms with Crippen LogP contribution in [0.4, 0.5) is 4.39 Å². The van der Waals surface area contributed by atoms with Gasteiger partial charge >= 0.3 is 0 Å². The van der Waals surface area contributed by atoms with Crippen molar-refractivity contribution in [3.05, 3.63) is 71.0 Å². The van der Waals surface area contributed by atoms with Crippen molar-refractivity contribution in [3.63, 3.8) is 0 Å². The molecule has 0 aliphatic heterocycles. The van der Waals surface area contributed by atoms with Gasteiger partial charge in [0.1, 0.15) is 5.82 Å². The Morgan fingerprint density at radius 2 is 1.85 bits per heavy atom. The lowest BCUT2D eigenvalue weighted by atomic mass is 10.1. The minimum atomic E-state index is -0.248. The number of nitrogens with zero attached hydrogens (tertiary/aromatic N) is 1. The van der Waals surface area contributed by atoms with Crippen LogP contribution in [0.2, 0.25) is 0 Å². The molecule has 0 spiro atoms. The highest BCUT2D eigenvalue weighted by atomic mass is 19.1. The van der Waals surface area contributed by atoms with Crippen molar-refractivity contribution in [2.75, 3.05) is 20.1 Å². The molecule has 6 heteroatoms. The van der Waals surface area contributed by atoms with Crippen LogP contribution < -0.4 is 16.0 Å². The predicted molar refractivity (Wildman–Crippen MR) is 103 cm³/mol. The molecule has 2 aromatic carbocycles. The number of guanidine groups is 1. The minimum absolute atomic E-state index is 0.0889. The van der Waals surface area contributed by atoms with E-state index in [2.05, 4.69) is 20.9 Å². The lowest BCUT2D eigenvalue weighted by Gasteiger charge is -2.12. The first-order valence-corrected chi connectivity index (χ1v) is 8.70. The summed E-state index contributed by atoms with van der Waals surface area (Å²) in [7, 11) is 1.62. The van der Waals surface area contributed by atoms with E-state index in [1.54, 1.807) is 25.2 Å². The van der Waals surface area contributed by atoms with Gasteiger partial charge in [-0.3, -0.25) is 4.79 Å². The van der Waals surface area contributed by atoms with Crippen LogP contribution in [0.15, 0.2) is 53.5 Å². The van der Waals surface area contributed by atoms with Gasteiger partial charge in [0, 0.05) is 25.7 Å². The summed E-state index contributed by atoms with van der Waals surface area (Å²) >= 11 is 0. The van der Waals surface area contributed by atoms with Gasteiger partial charge in [-0.25, -0.2) is 9.38 Å². The third-order valence-electron chi connectivity index (χ3n) is 3.80. The second-order valence-electron chi connectivity index (χ2n) is 5.78. The molecule has 0 saturated heterocycles. The number of carbonyl (C=O) groups is 1. The van der Waals surface area contributed by atoms with Crippen molar-refractivity contribution in [1.82, 2.24) is 16.0 Å². The Morgan fingerprint density at radius 1 is 1.08 bits per heavy atom. The first-order chi connectivity index (χ1) is 12.6. The van der Waals surface area contributed by atoms with E-state index in [4.69, 9.17) is 0 Å². The monoisotopic (exact) mass is 356 g/mol. The molecular formula is C20H25FN4O. The molecule has 26 heavy (non-hydrogen) atoms. The topological polar surface area (TPSA) is 65.5 Å². The number of aliphatic imine (C=N–C) groups is 1. The van der Waals surface area contributed by atoms with Crippen molar-refractivity contribution in [1.29, 1.82) is 0 Å². The van der Waals surface area contributed by atoms with Crippen molar-refractivity contribution < 1.29 is 9.18 Å². The molecule has 138 valence electrons. The molecule has 2 aromatic rings. The standard InChI is InChI=1S/C20H25FN4O/c1-3-23-20(25-14-16-7-9-18(21)10-8-16)24-12-11-15-5-4-6-17(13-15)19(26)22-2/h4-10,13H,3,11-12,14H2,1-2H3,(H,22,26)(H2,23,24,25). The number of hydrogen-bond donors (Lipinski definition) is 3. The number of benzene rings is 2. The number of halogens is 1. The molecule has 0 fully saturated rings. The summed E-state index contributed by atoms with van der Waals surface area (Å²) in [6.45, 7) is 3.91. The SMILES string of the molecule is CCNC(=NCc1ccc(F)cc1)NCCc1cccc(C(=O)NC)c1. The van der Waals surface area contributed by atoms with Crippen LogP contribution in [0.3, 0.4) is 0 Å². The summed E-state index contributed by atoms with van der Waals surface area (Å²) in [4.78, 5) is 16.2. The van der Waals surface area contributed by atoms with Gasteiger partial charge in [0.2, 0.25) is 0 Å². The fourth-order valence-electron chi connectivity index (χ4n) is 2.44. The quantitative estimate of drug-likeness (QED) is 0.527. The van der Waals surface area contributed by atoms with Crippen LogP contribution in [0.5, 0.6) is 0 Å². The maximum Gasteiger partial charge on any atom is 0.251 e. The van der Waals surface area contributed by atoms with Crippen molar-refractivity contribution in [2.24, 2.45) is 4.99 Å². The third-order valence-corrected chi connectivity index (χ3v) is 3.80. The van der Waals surface area contributed by atoms with Crippen LogP contribution in [0, 0.1) is 5.82 Å². The fraction of sp³-hybridized carbons (Fsp3) is 0.300. The second-order valence-corrected chi connectivity index (χ2v) is 5.78. The summed E-state index contributed by atoms with van der Waals surface area (Å²) in [5.74, 6) is 0.370. The van der Waals surface area contributed by atoms with E-state index in [0.717, 1.165) is 24.1 Å². The summed E-state index contributed by atoms with van der Waals surface area (Å²) in [5.41, 5.74) is 2.68. The van der Waals surface area contributed by atoms with Gasteiger partial charge in [-0.15, -0.1) is 0 Å². The molecule has 0 aromatic heterocycles. The summed E-state index contributed by atoms with van der Waals surface area (Å²) in [6.07, 6.45) is 0.770. The number of rotatable bonds is 7. The maximum atomic E-state index is 12.9. The smallest absolute Gasteiger partial charge is 0.251 e. The van der Waals surface area contributed by atoms with E-state index in [-0.39, 0.29) is 11.7 Å². The van der Waals surface area contributed by atoms with E-state index >= 15 is 0 Å². The average Bonchev–Trinajstić information content (AvgIpc) is 2.67. The lowest BCUT2D eigenvalue weighted by molar-refractivity contribution is 0.0963. The van der Waals surface area contributed by atoms with E-state index in [1.807, 2.05) is 25.1 Å². The molecular weight excluding hydrogens is 331 g/mol. The Bertz CT molecular complexity index is 744. The molecule has 2 rings (SSSR count). The van der Waals surface area contributed by atoms with E-state index in [1.165, 1.54) is 12.1 Å². The Balaban J connectivity index is 1.90. The Kier molecular flexibility index (Phi) is 7.61. The largest absolute Gasteiger partial charge is 0.357 e. The minimum Gasteiger partial charge on any atom is -0.357 e. The molecule has 0 unspecified atom stereocenters. The zero-order valence-corrected chi connectivity index (χ0v) is 15.2. The van der Waals surface area contributed by atoms with Crippen molar-refractivity contribution in [3.8, 4) is 0 Å². The lowest BCUT2D eigenvalue weighted by Crippen LogP contribution is -2.38. The van der Waals surface area contributed by atoms with Gasteiger partial charge in [0.25, 0.3) is 5.91 Å². The van der Waals surface area contributed by atoms with Gasteiger partial charge in [-0.1, -0.05) is 24.3 Å². The number of hydrogen-bond acceptors (Lipinski definition) is 2. The predicted octanol–water partition coefficient (Wildman–Crippen LogP) is 2.48. The Morgan fingerprint density at radius 3 is 2.54 bits per heavy atom. The van der Waals surface area contributed by atoms with Gasteiger partial charge < -0.3 is 16.0 Å². The maximum absolute atomic E-state index is 12.9. The van der Waals surface area contributed by atoms with Crippen LogP contribution >= 0.6 is 0 Å². The second kappa shape index (κ2) is 10.2. The molecule has 3 N–H and O–H groups in total. The summed E-state index contributed by atoms with van der Waals surface area (Å²) in [6, 6.07) is 13.9. The summed E-state index contributed by atoms with van der Waals surface area (Å²) in [5, 5.41) is 9.10. The highest BCUT2D eigenvalue weighted by molar-refractivity contribution is 5.94. The molecule has 5 nitrogen and oxygen atoms in total. The van der Waals surface area contributed by atoms with Gasteiger partial charge in [-0.05, 0) is 48.7 Å². The molecule has 0 saturated carbocycles. The average molecular weight is 356 g/mol. The molecule has 0 bridgehead atoms. The first kappa shape index (κ1) is 19.4. The van der Waals surface area contributed by atoms with Crippen LogP contribution in [0.25, 0.3) is 0 Å². The van der Waals surface area contributed by atoms with Gasteiger partial charge in [-0.2, -0.15) is 0 Å². The van der Waals surface area contributed by atoms with Crippen LogP contribution in [0.1, 0.15) is 28.4 Å². The zero-order chi connectivity index (χ0) is 18.8. The molecule has 0 aliphatic carbocycles. The van der Waals surface area contributed by atoms with Crippen molar-refractivity contribution >= 4 is 11.9 Å². The first-order valence-electron chi connectivity index (χ1n) is 8.70. The van der Waals surface area contributed by atoms with Crippen LogP contribution in [-0.4, -0.2) is 32.0 Å². The molecule has 0 heterocycles. The third kappa shape index (κ3) is 6.20. The number of amides is 1. The van der Waals surface area contributed by atoms with E-state index in [0.29, 0.717) is 24.6 Å². The number of nitrogens with one attached hydrogen (secondary N) is 3. The van der Waals surface area contributed by atoms with E-state index < -0.39 is 0 Å².